The number of hydrogen-bond donors (Lipinski definition) is 2. The van der Waals surface area contributed by atoms with Crippen LogP contribution in [0, 0.1) is 13.1 Å². The largest absolute Gasteiger partial charge is 1.00 e. The average molecular weight is 492 g/mol. The zero-order chi connectivity index (χ0) is 22.3. The van der Waals surface area contributed by atoms with Crippen molar-refractivity contribution in [2.24, 2.45) is 10.2 Å². The molecule has 0 amide bonds. The predicted molar refractivity (Wildman–Crippen MR) is 96.8 cm³/mol. The molecule has 3 aromatic rings. The SMILES string of the molecule is [C-]#[N+]c1nc(N=Nc2c(O)c(S(=O)(=O)[O-])cc3cc(S(=O)(=O)[O-])ccc23)[nH]c1[N+]#[C-].[Na+].[Na+]. The van der Waals surface area contributed by atoms with Gasteiger partial charge in [-0.3, -0.25) is 4.98 Å². The zero-order valence-electron chi connectivity index (χ0n) is 16.3. The molecule has 0 aliphatic carbocycles. The van der Waals surface area contributed by atoms with Crippen LogP contribution >= 0.6 is 0 Å². The molecule has 0 saturated carbocycles. The number of aromatic amines is 1. The van der Waals surface area contributed by atoms with Crippen molar-refractivity contribution in [1.29, 1.82) is 0 Å². The fourth-order valence-electron chi connectivity index (χ4n) is 2.42. The Balaban J connectivity index is 0.00000256. The first-order valence-electron chi connectivity index (χ1n) is 7.44. The molecule has 0 fully saturated rings. The summed E-state index contributed by atoms with van der Waals surface area (Å²) in [7, 11) is -10.1. The van der Waals surface area contributed by atoms with E-state index in [9.17, 15) is 31.0 Å². The molecule has 0 saturated heterocycles. The summed E-state index contributed by atoms with van der Waals surface area (Å²) in [6.45, 7) is 13.8. The Hall–Kier alpha value is -1.89. The molecule has 13 nitrogen and oxygen atoms in total. The van der Waals surface area contributed by atoms with E-state index < -0.39 is 41.5 Å². The van der Waals surface area contributed by atoms with E-state index in [0.717, 1.165) is 18.2 Å². The molecule has 0 radical (unpaired) electrons. The van der Waals surface area contributed by atoms with Crippen LogP contribution in [0.25, 0.3) is 20.5 Å². The van der Waals surface area contributed by atoms with E-state index >= 15 is 0 Å². The summed E-state index contributed by atoms with van der Waals surface area (Å²) >= 11 is 0. The van der Waals surface area contributed by atoms with Crippen molar-refractivity contribution >= 4 is 54.3 Å². The molecule has 0 unspecified atom stereocenters. The van der Waals surface area contributed by atoms with Crippen LogP contribution in [-0.4, -0.2) is 41.0 Å². The molecule has 0 atom stereocenters. The van der Waals surface area contributed by atoms with Crippen LogP contribution in [0.5, 0.6) is 5.75 Å². The maximum atomic E-state index is 11.5. The van der Waals surface area contributed by atoms with Crippen LogP contribution in [0.4, 0.5) is 23.3 Å². The van der Waals surface area contributed by atoms with Gasteiger partial charge in [-0.05, 0) is 23.6 Å². The van der Waals surface area contributed by atoms with Crippen LogP contribution in [0.3, 0.4) is 0 Å². The number of aromatic nitrogens is 2. The van der Waals surface area contributed by atoms with Crippen molar-refractivity contribution < 1.29 is 90.2 Å². The molecule has 1 aromatic heterocycles. The standard InChI is InChI=1S/C15H8N6O7S2.2Na/c1-16-13-14(17-2)19-15(18-13)21-20-11-9-4-3-8(29(23,24)25)5-7(9)6-10(12(11)22)30(26,27)28;;/h3-6,22H,(H,18,19)(H,23,24,25)(H,26,27,28);;/q;2*+1/p-2. The third-order valence-corrected chi connectivity index (χ3v) is 5.38. The molecule has 2 aromatic carbocycles. The predicted octanol–water partition coefficient (Wildman–Crippen LogP) is -3.40. The normalized spacial score (nSPS) is 11.4. The molecule has 0 spiro atoms. The van der Waals surface area contributed by atoms with Crippen LogP contribution < -0.4 is 59.1 Å². The summed E-state index contributed by atoms with van der Waals surface area (Å²) < 4.78 is 68.1. The van der Waals surface area contributed by atoms with Crippen LogP contribution in [-0.2, 0) is 20.2 Å². The first-order chi connectivity index (χ1) is 14.0. The molecule has 17 heteroatoms. The number of azo groups is 1. The number of phenolic OH excluding ortho intramolecular Hbond substituents is 1. The maximum absolute atomic E-state index is 11.5. The quantitative estimate of drug-likeness (QED) is 0.163. The number of aromatic hydroxyl groups is 1. The monoisotopic (exact) mass is 492 g/mol. The van der Waals surface area contributed by atoms with Crippen molar-refractivity contribution in [2.45, 2.75) is 9.79 Å². The maximum Gasteiger partial charge on any atom is 1.00 e. The van der Waals surface area contributed by atoms with Crippen LogP contribution in [0.2, 0.25) is 0 Å². The van der Waals surface area contributed by atoms with E-state index in [1.54, 1.807) is 0 Å². The molecule has 0 aliphatic rings. The molecule has 0 aliphatic heterocycles. The van der Waals surface area contributed by atoms with E-state index in [-0.39, 0.29) is 87.5 Å². The molecule has 1 heterocycles. The number of benzene rings is 2. The molecule has 152 valence electrons. The second kappa shape index (κ2) is 10.4. The van der Waals surface area contributed by atoms with E-state index in [2.05, 4.69) is 29.9 Å². The Morgan fingerprint density at radius 3 is 2.16 bits per heavy atom. The number of nitrogens with zero attached hydrogens (tertiary/aromatic N) is 5. The smallest absolute Gasteiger partial charge is 0.744 e. The minimum Gasteiger partial charge on any atom is -0.744 e. The van der Waals surface area contributed by atoms with Crippen molar-refractivity contribution in [1.82, 2.24) is 9.97 Å². The number of phenols is 1. The van der Waals surface area contributed by atoms with Gasteiger partial charge in [0.2, 0.25) is 0 Å². The topological polar surface area (TPSA) is 197 Å². The van der Waals surface area contributed by atoms with Crippen molar-refractivity contribution in [3.05, 3.63) is 47.1 Å². The summed E-state index contributed by atoms with van der Waals surface area (Å²) in [4.78, 5) is 10.3. The van der Waals surface area contributed by atoms with Gasteiger partial charge in [-0.1, -0.05) is 29.3 Å². The zero-order valence-corrected chi connectivity index (χ0v) is 21.9. The fraction of sp³-hybridized carbons (Fsp3) is 0. The molecule has 0 bridgehead atoms. The number of fused-ring (bicyclic) bond motifs is 1. The first-order valence-corrected chi connectivity index (χ1v) is 10.3. The van der Waals surface area contributed by atoms with Gasteiger partial charge in [-0.25, -0.2) is 16.8 Å². The number of nitrogens with one attached hydrogen (secondary N) is 1. The summed E-state index contributed by atoms with van der Waals surface area (Å²) in [5, 5.41) is 17.2. The van der Waals surface area contributed by atoms with Crippen molar-refractivity contribution in [3.8, 4) is 5.75 Å². The minimum atomic E-state index is -5.22. The third-order valence-electron chi connectivity index (χ3n) is 3.70. The number of H-pyrrole nitrogens is 1. The molecule has 3 rings (SSSR count). The Morgan fingerprint density at radius 2 is 1.66 bits per heavy atom. The van der Waals surface area contributed by atoms with E-state index in [1.807, 2.05) is 0 Å². The summed E-state index contributed by atoms with van der Waals surface area (Å²) in [6.07, 6.45) is 0. The van der Waals surface area contributed by atoms with Crippen molar-refractivity contribution in [2.75, 3.05) is 0 Å². The minimum absolute atomic E-state index is 0. The van der Waals surface area contributed by atoms with Crippen LogP contribution in [0.1, 0.15) is 0 Å². The van der Waals surface area contributed by atoms with Gasteiger partial charge in [0, 0.05) is 5.39 Å². The average Bonchev–Trinajstić information content (AvgIpc) is 3.07. The van der Waals surface area contributed by atoms with E-state index in [4.69, 9.17) is 13.1 Å². The molecular weight excluding hydrogens is 486 g/mol. The first kappa shape index (κ1) is 28.1. The van der Waals surface area contributed by atoms with Gasteiger partial charge in [0.1, 0.15) is 25.9 Å². The van der Waals surface area contributed by atoms with Gasteiger partial charge >= 0.3 is 65.1 Å². The summed E-state index contributed by atoms with van der Waals surface area (Å²) in [5.41, 5.74) is -0.540. The Morgan fingerprint density at radius 1 is 1.00 bits per heavy atom. The fourth-order valence-corrected chi connectivity index (χ4v) is 3.53. The van der Waals surface area contributed by atoms with Gasteiger partial charge < -0.3 is 23.9 Å². The summed E-state index contributed by atoms with van der Waals surface area (Å²) in [6, 6.07) is 3.47. The molecule has 32 heavy (non-hydrogen) atoms. The van der Waals surface area contributed by atoms with Gasteiger partial charge in [0.25, 0.3) is 11.6 Å². The molecular formula is C15H6N6Na2O7S2. The Labute approximate surface area is 225 Å². The number of imidazole rings is 1. The van der Waals surface area contributed by atoms with Crippen LogP contribution in [0.15, 0.2) is 44.3 Å². The number of hydrogen-bond acceptors (Lipinski definition) is 10. The van der Waals surface area contributed by atoms with Gasteiger partial charge in [-0.2, -0.15) is 0 Å². The van der Waals surface area contributed by atoms with E-state index in [1.165, 1.54) is 0 Å². The van der Waals surface area contributed by atoms with Gasteiger partial charge in [0.05, 0.1) is 9.79 Å². The second-order valence-corrected chi connectivity index (χ2v) is 8.25. The van der Waals surface area contributed by atoms with Gasteiger partial charge in [0.15, 0.2) is 5.75 Å². The molecule has 2 N–H and O–H groups in total. The van der Waals surface area contributed by atoms with Gasteiger partial charge in [-0.15, -0.1) is 5.11 Å². The Bertz CT molecular complexity index is 1510. The third kappa shape index (κ3) is 5.72. The second-order valence-electron chi connectivity index (χ2n) is 5.52. The Kier molecular flexibility index (Phi) is 9.12. The summed E-state index contributed by atoms with van der Waals surface area (Å²) in [5.74, 6) is -1.92. The number of rotatable bonds is 4. The van der Waals surface area contributed by atoms with E-state index in [0.29, 0.717) is 6.07 Å². The van der Waals surface area contributed by atoms with Crippen molar-refractivity contribution in [3.63, 3.8) is 0 Å².